The van der Waals surface area contributed by atoms with Gasteiger partial charge in [-0.3, -0.25) is 14.6 Å². The van der Waals surface area contributed by atoms with E-state index in [1.807, 2.05) is 19.9 Å². The Morgan fingerprint density at radius 1 is 1.12 bits per heavy atom. The topological polar surface area (TPSA) is 79.8 Å². The summed E-state index contributed by atoms with van der Waals surface area (Å²) in [5.41, 5.74) is 3.13. The van der Waals surface area contributed by atoms with Gasteiger partial charge in [-0.05, 0) is 55.7 Å². The molecule has 9 heteroatoms. The summed E-state index contributed by atoms with van der Waals surface area (Å²) in [7, 11) is -3.74. The fraction of sp³-hybridized carbons (Fsp3) is 0.417. The lowest BCUT2D eigenvalue weighted by Gasteiger charge is -2.27. The molecule has 1 saturated heterocycles. The number of benzene rings is 2. The molecule has 2 heterocycles. The molecule has 1 amide bonds. The first kappa shape index (κ1) is 23.8. The third-order valence-electron chi connectivity index (χ3n) is 5.90. The highest BCUT2D eigenvalue weighted by atomic mass is 32.2. The van der Waals surface area contributed by atoms with Gasteiger partial charge in [-0.2, -0.15) is 0 Å². The van der Waals surface area contributed by atoms with Crippen LogP contribution in [0.2, 0.25) is 0 Å². The zero-order chi connectivity index (χ0) is 23.4. The molecule has 7 nitrogen and oxygen atoms in total. The van der Waals surface area contributed by atoms with Crippen molar-refractivity contribution >= 4 is 42.4 Å². The number of anilines is 1. The van der Waals surface area contributed by atoms with Gasteiger partial charge in [0.15, 0.2) is 15.0 Å². The number of fused-ring (bicyclic) bond motifs is 1. The van der Waals surface area contributed by atoms with Gasteiger partial charge in [0.05, 0.1) is 28.3 Å². The number of hydrogen-bond acceptors (Lipinski definition) is 7. The predicted octanol–water partition coefficient (Wildman–Crippen LogP) is 3.44. The molecule has 3 aromatic rings. The average Bonchev–Trinajstić information content (AvgIpc) is 3.20. The number of aryl methyl sites for hydroxylation is 2. The number of aromatic nitrogens is 1. The van der Waals surface area contributed by atoms with Crippen LogP contribution in [0.4, 0.5) is 5.13 Å². The maximum Gasteiger partial charge on any atom is 0.244 e. The summed E-state index contributed by atoms with van der Waals surface area (Å²) < 4.78 is 32.1. The van der Waals surface area contributed by atoms with E-state index in [9.17, 15) is 13.2 Å². The lowest BCUT2D eigenvalue weighted by molar-refractivity contribution is -0.116. The van der Waals surface area contributed by atoms with Crippen molar-refractivity contribution in [3.05, 3.63) is 53.6 Å². The lowest BCUT2D eigenvalue weighted by atomic mass is 10.1. The van der Waals surface area contributed by atoms with Crippen LogP contribution in [-0.4, -0.2) is 69.4 Å². The number of ether oxygens (including phenoxy) is 1. The van der Waals surface area contributed by atoms with Crippen LogP contribution in [0.5, 0.6) is 0 Å². The maximum atomic E-state index is 13.3. The lowest BCUT2D eigenvalue weighted by Crippen LogP contribution is -2.40. The van der Waals surface area contributed by atoms with Crippen LogP contribution in [-0.2, 0) is 19.4 Å². The van der Waals surface area contributed by atoms with Gasteiger partial charge in [-0.15, -0.1) is 0 Å². The second-order valence-corrected chi connectivity index (χ2v) is 11.3. The molecule has 0 aliphatic carbocycles. The van der Waals surface area contributed by atoms with E-state index in [-0.39, 0.29) is 4.90 Å². The highest BCUT2D eigenvalue weighted by molar-refractivity contribution is 7.92. The van der Waals surface area contributed by atoms with E-state index in [2.05, 4.69) is 11.0 Å². The van der Waals surface area contributed by atoms with E-state index in [0.29, 0.717) is 24.9 Å². The maximum absolute atomic E-state index is 13.3. The van der Waals surface area contributed by atoms with Crippen LogP contribution >= 0.6 is 11.3 Å². The number of sulfone groups is 1. The molecule has 176 valence electrons. The smallest absolute Gasteiger partial charge is 0.244 e. The minimum absolute atomic E-state index is 0.155. The summed E-state index contributed by atoms with van der Waals surface area (Å²) in [6.07, 6.45) is 0.727. The van der Waals surface area contributed by atoms with Gasteiger partial charge in [0, 0.05) is 26.2 Å². The van der Waals surface area contributed by atoms with Crippen molar-refractivity contribution in [1.29, 1.82) is 0 Å². The Labute approximate surface area is 198 Å². The summed E-state index contributed by atoms with van der Waals surface area (Å²) in [5, 5.41) is 0.547. The van der Waals surface area contributed by atoms with E-state index in [1.54, 1.807) is 23.1 Å². The van der Waals surface area contributed by atoms with Gasteiger partial charge in [-0.1, -0.05) is 29.5 Å². The number of carbonyl (C=O) groups excluding carboxylic acids is 1. The molecule has 1 aliphatic rings. The second kappa shape index (κ2) is 10.3. The zero-order valence-electron chi connectivity index (χ0n) is 19.0. The molecule has 33 heavy (non-hydrogen) atoms. The molecule has 0 atom stereocenters. The third-order valence-corrected chi connectivity index (χ3v) is 8.56. The molecule has 2 aromatic carbocycles. The molecule has 0 radical (unpaired) electrons. The highest BCUT2D eigenvalue weighted by Crippen LogP contribution is 2.31. The quantitative estimate of drug-likeness (QED) is 0.484. The van der Waals surface area contributed by atoms with Crippen molar-refractivity contribution in [3.8, 4) is 0 Å². The summed E-state index contributed by atoms with van der Waals surface area (Å²) in [5.74, 6) is -1.03. The van der Waals surface area contributed by atoms with Crippen molar-refractivity contribution in [3.63, 3.8) is 0 Å². The van der Waals surface area contributed by atoms with Crippen LogP contribution in [0.25, 0.3) is 10.2 Å². The fourth-order valence-corrected chi connectivity index (χ4v) is 6.15. The summed E-state index contributed by atoms with van der Waals surface area (Å²) >= 11 is 1.43. The predicted molar refractivity (Wildman–Crippen MR) is 132 cm³/mol. The van der Waals surface area contributed by atoms with Crippen molar-refractivity contribution in [2.45, 2.75) is 25.2 Å². The van der Waals surface area contributed by atoms with Gasteiger partial charge < -0.3 is 4.74 Å². The van der Waals surface area contributed by atoms with Crippen LogP contribution < -0.4 is 4.90 Å². The monoisotopic (exact) mass is 487 g/mol. The number of morpholine rings is 1. The zero-order valence-corrected chi connectivity index (χ0v) is 20.6. The summed E-state index contributed by atoms with van der Waals surface area (Å²) in [6, 6.07) is 12.2. The molecular weight excluding hydrogens is 458 g/mol. The molecule has 4 rings (SSSR count). The number of thiazole rings is 1. The molecule has 0 N–H and O–H groups in total. The first-order valence-electron chi connectivity index (χ1n) is 11.1. The average molecular weight is 488 g/mol. The Bertz CT molecular complexity index is 1180. The standard InChI is InChI=1S/C24H29N3O4S2/c1-18-15-21-22(16-19(18)2)32-24(25-21)27(10-6-9-26-11-13-31-14-12-26)23(28)17-33(29,30)20-7-4-3-5-8-20/h3-5,7-8,15-16H,6,9-14,17H2,1-2H3. The number of rotatable bonds is 8. The molecule has 1 aliphatic heterocycles. The number of carbonyl (C=O) groups is 1. The van der Waals surface area contributed by atoms with E-state index < -0.39 is 21.5 Å². The van der Waals surface area contributed by atoms with E-state index in [0.717, 1.165) is 47.4 Å². The minimum atomic E-state index is -3.74. The number of hydrogen-bond donors (Lipinski definition) is 0. The molecule has 0 spiro atoms. The van der Waals surface area contributed by atoms with Crippen molar-refractivity contribution in [2.75, 3.05) is 50.0 Å². The Hall–Kier alpha value is -2.33. The fourth-order valence-electron chi connectivity index (χ4n) is 3.84. The van der Waals surface area contributed by atoms with E-state index >= 15 is 0 Å². The third kappa shape index (κ3) is 5.78. The molecule has 1 aromatic heterocycles. The Morgan fingerprint density at radius 2 is 1.82 bits per heavy atom. The van der Waals surface area contributed by atoms with Gasteiger partial charge in [0.1, 0.15) is 5.75 Å². The number of nitrogens with zero attached hydrogens (tertiary/aromatic N) is 3. The Morgan fingerprint density at radius 3 is 2.55 bits per heavy atom. The van der Waals surface area contributed by atoms with Gasteiger partial charge in [-0.25, -0.2) is 13.4 Å². The van der Waals surface area contributed by atoms with Crippen molar-refractivity contribution in [2.24, 2.45) is 0 Å². The Balaban J connectivity index is 1.57. The molecule has 1 fully saturated rings. The highest BCUT2D eigenvalue weighted by Gasteiger charge is 2.26. The molecule has 0 bridgehead atoms. The summed E-state index contributed by atoms with van der Waals surface area (Å²) in [6.45, 7) is 8.49. The molecule has 0 unspecified atom stereocenters. The second-order valence-electron chi connectivity index (χ2n) is 8.33. The summed E-state index contributed by atoms with van der Waals surface area (Å²) in [4.78, 5) is 22.0. The van der Waals surface area contributed by atoms with Gasteiger partial charge in [0.2, 0.25) is 5.91 Å². The SMILES string of the molecule is Cc1cc2nc(N(CCCN3CCOCC3)C(=O)CS(=O)(=O)c3ccccc3)sc2cc1C. The first-order chi connectivity index (χ1) is 15.8. The first-order valence-corrected chi connectivity index (χ1v) is 13.6. The minimum Gasteiger partial charge on any atom is -0.379 e. The number of amides is 1. The van der Waals surface area contributed by atoms with Crippen molar-refractivity contribution in [1.82, 2.24) is 9.88 Å². The van der Waals surface area contributed by atoms with Crippen LogP contribution in [0, 0.1) is 13.8 Å². The van der Waals surface area contributed by atoms with Crippen LogP contribution in [0.3, 0.4) is 0 Å². The Kier molecular flexibility index (Phi) is 7.43. The van der Waals surface area contributed by atoms with Crippen molar-refractivity contribution < 1.29 is 17.9 Å². The van der Waals surface area contributed by atoms with Gasteiger partial charge >= 0.3 is 0 Å². The van der Waals surface area contributed by atoms with E-state index in [4.69, 9.17) is 9.72 Å². The molecular formula is C24H29N3O4S2. The molecule has 0 saturated carbocycles. The van der Waals surface area contributed by atoms with Crippen LogP contribution in [0.1, 0.15) is 17.5 Å². The van der Waals surface area contributed by atoms with E-state index in [1.165, 1.54) is 23.5 Å². The van der Waals surface area contributed by atoms with Gasteiger partial charge in [0.25, 0.3) is 0 Å². The largest absolute Gasteiger partial charge is 0.379 e. The van der Waals surface area contributed by atoms with Crippen LogP contribution in [0.15, 0.2) is 47.4 Å². The normalized spacial score (nSPS) is 15.1.